The van der Waals surface area contributed by atoms with Crippen LogP contribution in [0.1, 0.15) is 16.7 Å². The number of phenols is 1. The predicted molar refractivity (Wildman–Crippen MR) is 69.4 cm³/mol. The molecular formula is C15H18O2. The first-order valence-electron chi connectivity index (χ1n) is 5.91. The summed E-state index contributed by atoms with van der Waals surface area (Å²) in [6, 6.07) is 4.09. The second-order valence-corrected chi connectivity index (χ2v) is 4.41. The molecule has 1 unspecified atom stereocenters. The van der Waals surface area contributed by atoms with Gasteiger partial charge in [0, 0.05) is 6.42 Å². The van der Waals surface area contributed by atoms with Crippen LogP contribution < -0.4 is 0 Å². The number of epoxide rings is 1. The van der Waals surface area contributed by atoms with E-state index in [-0.39, 0.29) is 0 Å². The van der Waals surface area contributed by atoms with Crippen LogP contribution in [0, 0.1) is 0 Å². The molecule has 1 atom stereocenters. The van der Waals surface area contributed by atoms with E-state index in [0.29, 0.717) is 24.7 Å². The van der Waals surface area contributed by atoms with Gasteiger partial charge in [-0.15, -0.1) is 13.2 Å². The molecule has 0 radical (unpaired) electrons. The lowest BCUT2D eigenvalue weighted by molar-refractivity contribution is 0.407. The van der Waals surface area contributed by atoms with Gasteiger partial charge in [-0.25, -0.2) is 0 Å². The molecule has 1 N–H and O–H groups in total. The van der Waals surface area contributed by atoms with Crippen LogP contribution in [-0.4, -0.2) is 17.8 Å². The van der Waals surface area contributed by atoms with Crippen molar-refractivity contribution in [2.45, 2.75) is 25.4 Å². The first-order valence-corrected chi connectivity index (χ1v) is 5.91. The smallest absolute Gasteiger partial charge is 0.122 e. The van der Waals surface area contributed by atoms with Crippen LogP contribution in [0.5, 0.6) is 5.75 Å². The summed E-state index contributed by atoms with van der Waals surface area (Å²) in [7, 11) is 0. The SMILES string of the molecule is C=CCc1cc(CC2CO2)cc(CC=C)c1O. The van der Waals surface area contributed by atoms with E-state index in [1.165, 1.54) is 5.56 Å². The summed E-state index contributed by atoms with van der Waals surface area (Å²) < 4.78 is 5.24. The van der Waals surface area contributed by atoms with E-state index < -0.39 is 0 Å². The molecule has 1 heterocycles. The highest BCUT2D eigenvalue weighted by Crippen LogP contribution is 2.28. The molecule has 0 saturated carbocycles. The monoisotopic (exact) mass is 230 g/mol. The molecule has 0 aliphatic carbocycles. The third kappa shape index (κ3) is 2.98. The molecule has 1 aliphatic rings. The van der Waals surface area contributed by atoms with Crippen LogP contribution in [0.3, 0.4) is 0 Å². The molecule has 2 heteroatoms. The van der Waals surface area contributed by atoms with Gasteiger partial charge in [-0.05, 0) is 29.5 Å². The molecule has 1 saturated heterocycles. The van der Waals surface area contributed by atoms with Crippen LogP contribution in [-0.2, 0) is 24.0 Å². The molecule has 2 nitrogen and oxygen atoms in total. The van der Waals surface area contributed by atoms with Crippen molar-refractivity contribution in [1.82, 2.24) is 0 Å². The van der Waals surface area contributed by atoms with E-state index >= 15 is 0 Å². The number of ether oxygens (including phenoxy) is 1. The van der Waals surface area contributed by atoms with Gasteiger partial charge in [0.05, 0.1) is 12.7 Å². The van der Waals surface area contributed by atoms with Crippen molar-refractivity contribution in [3.8, 4) is 5.75 Å². The minimum Gasteiger partial charge on any atom is -0.507 e. The van der Waals surface area contributed by atoms with Gasteiger partial charge < -0.3 is 9.84 Å². The van der Waals surface area contributed by atoms with E-state index in [1.54, 1.807) is 0 Å². The fourth-order valence-electron chi connectivity index (χ4n) is 2.02. The zero-order valence-corrected chi connectivity index (χ0v) is 9.98. The van der Waals surface area contributed by atoms with Crippen LogP contribution >= 0.6 is 0 Å². The summed E-state index contributed by atoms with van der Waals surface area (Å²) in [5.74, 6) is 0.380. The lowest BCUT2D eigenvalue weighted by atomic mass is 9.97. The highest BCUT2D eigenvalue weighted by molar-refractivity contribution is 5.45. The van der Waals surface area contributed by atoms with E-state index in [1.807, 2.05) is 24.3 Å². The van der Waals surface area contributed by atoms with Gasteiger partial charge >= 0.3 is 0 Å². The summed E-state index contributed by atoms with van der Waals surface area (Å²) >= 11 is 0. The third-order valence-corrected chi connectivity index (χ3v) is 2.92. The van der Waals surface area contributed by atoms with Gasteiger partial charge in [0.15, 0.2) is 0 Å². The fraction of sp³-hybridized carbons (Fsp3) is 0.333. The van der Waals surface area contributed by atoms with E-state index in [9.17, 15) is 5.11 Å². The highest BCUT2D eigenvalue weighted by Gasteiger charge is 2.23. The van der Waals surface area contributed by atoms with Crippen LogP contribution in [0.15, 0.2) is 37.4 Å². The van der Waals surface area contributed by atoms with Crippen molar-refractivity contribution in [2.24, 2.45) is 0 Å². The average Bonchev–Trinajstić information content (AvgIpc) is 3.09. The average molecular weight is 230 g/mol. The molecule has 1 aliphatic heterocycles. The van der Waals surface area contributed by atoms with Gasteiger partial charge in [0.2, 0.25) is 0 Å². The molecule has 17 heavy (non-hydrogen) atoms. The Morgan fingerprint density at radius 3 is 2.18 bits per heavy atom. The molecule has 90 valence electrons. The summed E-state index contributed by atoms with van der Waals surface area (Å²) in [6.45, 7) is 8.30. The number of benzene rings is 1. The number of allylic oxidation sites excluding steroid dienone is 2. The van der Waals surface area contributed by atoms with E-state index in [2.05, 4.69) is 13.2 Å². The highest BCUT2D eigenvalue weighted by atomic mass is 16.6. The Bertz CT molecular complexity index is 400. The van der Waals surface area contributed by atoms with Crippen LogP contribution in [0.25, 0.3) is 0 Å². The Morgan fingerprint density at radius 1 is 1.24 bits per heavy atom. The van der Waals surface area contributed by atoms with Crippen molar-refractivity contribution in [3.05, 3.63) is 54.1 Å². The number of phenolic OH excluding ortho intramolecular Hbond substituents is 1. The third-order valence-electron chi connectivity index (χ3n) is 2.92. The van der Waals surface area contributed by atoms with E-state index in [4.69, 9.17) is 4.74 Å². The Morgan fingerprint density at radius 2 is 1.76 bits per heavy atom. The van der Waals surface area contributed by atoms with Crippen molar-refractivity contribution in [2.75, 3.05) is 6.61 Å². The second-order valence-electron chi connectivity index (χ2n) is 4.41. The lowest BCUT2D eigenvalue weighted by Crippen LogP contribution is -1.98. The molecule has 0 aromatic heterocycles. The Balaban J connectivity index is 2.31. The summed E-state index contributed by atoms with van der Waals surface area (Å²) in [6.07, 6.45) is 6.29. The minimum atomic E-state index is 0.368. The molecule has 1 fully saturated rings. The number of hydrogen-bond donors (Lipinski definition) is 1. The van der Waals surface area contributed by atoms with Gasteiger partial charge in [-0.3, -0.25) is 0 Å². The van der Waals surface area contributed by atoms with Gasteiger partial charge in [0.1, 0.15) is 5.75 Å². The molecule has 1 aromatic rings. The van der Waals surface area contributed by atoms with Crippen molar-refractivity contribution in [1.29, 1.82) is 0 Å². The molecule has 0 amide bonds. The summed E-state index contributed by atoms with van der Waals surface area (Å²) in [5.41, 5.74) is 3.10. The first kappa shape index (κ1) is 11.9. The topological polar surface area (TPSA) is 32.8 Å². The Kier molecular flexibility index (Phi) is 3.64. The normalized spacial score (nSPS) is 17.8. The van der Waals surface area contributed by atoms with Crippen molar-refractivity contribution >= 4 is 0 Å². The standard InChI is InChI=1S/C15H18O2/c1-3-5-12-7-11(9-14-10-17-14)8-13(6-4-2)15(12)16/h3-4,7-8,14,16H,1-2,5-6,9-10H2. The predicted octanol–water partition coefficient (Wildman–Crippen LogP) is 2.79. The number of aromatic hydroxyl groups is 1. The van der Waals surface area contributed by atoms with Crippen molar-refractivity contribution in [3.63, 3.8) is 0 Å². The van der Waals surface area contributed by atoms with Crippen molar-refractivity contribution < 1.29 is 9.84 Å². The Labute approximate surface area is 102 Å². The maximum atomic E-state index is 10.1. The van der Waals surface area contributed by atoms with E-state index in [0.717, 1.165) is 24.2 Å². The lowest BCUT2D eigenvalue weighted by Gasteiger charge is -2.10. The number of hydrogen-bond acceptors (Lipinski definition) is 2. The summed E-state index contributed by atoms with van der Waals surface area (Å²) in [4.78, 5) is 0. The van der Waals surface area contributed by atoms with Gasteiger partial charge in [0.25, 0.3) is 0 Å². The fourth-order valence-corrected chi connectivity index (χ4v) is 2.02. The molecule has 0 bridgehead atoms. The number of rotatable bonds is 6. The zero-order valence-electron chi connectivity index (χ0n) is 9.98. The minimum absolute atomic E-state index is 0.368. The molecule has 0 spiro atoms. The van der Waals surface area contributed by atoms with Crippen LogP contribution in [0.2, 0.25) is 0 Å². The van der Waals surface area contributed by atoms with Crippen LogP contribution in [0.4, 0.5) is 0 Å². The second kappa shape index (κ2) is 5.19. The Hall–Kier alpha value is -1.54. The van der Waals surface area contributed by atoms with Gasteiger partial charge in [-0.1, -0.05) is 24.3 Å². The zero-order chi connectivity index (χ0) is 12.3. The quantitative estimate of drug-likeness (QED) is 0.602. The maximum Gasteiger partial charge on any atom is 0.122 e. The maximum absolute atomic E-state index is 10.1. The molecule has 2 rings (SSSR count). The molecule has 1 aromatic carbocycles. The molecular weight excluding hydrogens is 212 g/mol. The first-order chi connectivity index (χ1) is 8.24. The van der Waals surface area contributed by atoms with Gasteiger partial charge in [-0.2, -0.15) is 0 Å². The summed E-state index contributed by atoms with van der Waals surface area (Å²) in [5, 5.41) is 10.1. The largest absolute Gasteiger partial charge is 0.507 e.